The molecule has 0 atom stereocenters. The van der Waals surface area contributed by atoms with E-state index in [9.17, 15) is 0 Å². The number of benzene rings is 3. The lowest BCUT2D eigenvalue weighted by Gasteiger charge is -2.30. The molecule has 0 spiro atoms. The van der Waals surface area contributed by atoms with Crippen LogP contribution in [0.25, 0.3) is 22.0 Å². The summed E-state index contributed by atoms with van der Waals surface area (Å²) < 4.78 is 6.14. The Morgan fingerprint density at radius 2 is 1.77 bits per heavy atom. The van der Waals surface area contributed by atoms with Crippen molar-refractivity contribution in [3.63, 3.8) is 0 Å². The summed E-state index contributed by atoms with van der Waals surface area (Å²) in [6.45, 7) is 2.72. The van der Waals surface area contributed by atoms with Crippen molar-refractivity contribution in [3.05, 3.63) is 90.4 Å². The van der Waals surface area contributed by atoms with Gasteiger partial charge in [-0.05, 0) is 67.4 Å². The van der Waals surface area contributed by atoms with E-state index in [1.54, 1.807) is 12.4 Å². The molecule has 4 heteroatoms. The van der Waals surface area contributed by atoms with E-state index in [0.29, 0.717) is 12.5 Å². The molecule has 2 heterocycles. The lowest BCUT2D eigenvalue weighted by molar-refractivity contribution is 0.256. The van der Waals surface area contributed by atoms with Crippen LogP contribution in [0.15, 0.2) is 79.1 Å². The highest BCUT2D eigenvalue weighted by Crippen LogP contribution is 2.34. The van der Waals surface area contributed by atoms with Gasteiger partial charge in [0.15, 0.2) is 0 Å². The second-order valence-corrected chi connectivity index (χ2v) is 8.36. The van der Waals surface area contributed by atoms with Gasteiger partial charge in [-0.1, -0.05) is 54.6 Å². The Kier molecular flexibility index (Phi) is 5.63. The minimum atomic E-state index is 0.398. The first-order valence-corrected chi connectivity index (χ1v) is 11.0. The first-order chi connectivity index (χ1) is 15.3. The third-order valence-electron chi connectivity index (χ3n) is 6.19. The SMILES string of the molecule is CN1CCC(c2cccc3ccc(OCc4cncc(-c5ccccc5)n4)cc23)CC1. The third kappa shape index (κ3) is 4.44. The summed E-state index contributed by atoms with van der Waals surface area (Å²) in [5, 5.41) is 2.58. The van der Waals surface area contributed by atoms with Gasteiger partial charge in [-0.15, -0.1) is 0 Å². The van der Waals surface area contributed by atoms with Crippen molar-refractivity contribution in [1.29, 1.82) is 0 Å². The van der Waals surface area contributed by atoms with Gasteiger partial charge >= 0.3 is 0 Å². The Morgan fingerprint density at radius 3 is 2.61 bits per heavy atom. The van der Waals surface area contributed by atoms with Crippen molar-refractivity contribution in [3.8, 4) is 17.0 Å². The fourth-order valence-corrected chi connectivity index (χ4v) is 4.42. The summed E-state index contributed by atoms with van der Waals surface area (Å²) >= 11 is 0. The third-order valence-corrected chi connectivity index (χ3v) is 6.19. The Balaban J connectivity index is 1.36. The van der Waals surface area contributed by atoms with Gasteiger partial charge in [0.25, 0.3) is 0 Å². The molecule has 3 aromatic carbocycles. The maximum Gasteiger partial charge on any atom is 0.132 e. The smallest absolute Gasteiger partial charge is 0.132 e. The fourth-order valence-electron chi connectivity index (χ4n) is 4.42. The molecule has 156 valence electrons. The summed E-state index contributed by atoms with van der Waals surface area (Å²) in [5.41, 5.74) is 4.20. The number of rotatable bonds is 5. The van der Waals surface area contributed by atoms with Crippen LogP contribution in [-0.4, -0.2) is 35.0 Å². The topological polar surface area (TPSA) is 38.2 Å². The predicted octanol–water partition coefficient (Wildman–Crippen LogP) is 5.69. The number of hydrogen-bond acceptors (Lipinski definition) is 4. The lowest BCUT2D eigenvalue weighted by atomic mass is 9.86. The van der Waals surface area contributed by atoms with Crippen molar-refractivity contribution in [1.82, 2.24) is 14.9 Å². The number of nitrogens with zero attached hydrogens (tertiary/aromatic N) is 3. The molecule has 0 N–H and O–H groups in total. The van der Waals surface area contributed by atoms with Gasteiger partial charge in [-0.2, -0.15) is 0 Å². The van der Waals surface area contributed by atoms with E-state index in [2.05, 4.69) is 53.3 Å². The molecule has 1 saturated heterocycles. The molecule has 4 nitrogen and oxygen atoms in total. The highest BCUT2D eigenvalue weighted by molar-refractivity contribution is 5.87. The molecule has 4 aromatic rings. The van der Waals surface area contributed by atoms with Crippen molar-refractivity contribution in [2.24, 2.45) is 0 Å². The van der Waals surface area contributed by atoms with Crippen LogP contribution in [-0.2, 0) is 6.61 Å². The molecular formula is C27H27N3O. The standard InChI is InChI=1S/C27H27N3O/c1-30-14-12-21(13-15-30)25-9-5-8-20-10-11-24(16-26(20)25)31-19-23-17-28-18-27(29-23)22-6-3-2-4-7-22/h2-11,16-18,21H,12-15,19H2,1H3. The summed E-state index contributed by atoms with van der Waals surface area (Å²) in [6.07, 6.45) is 5.99. The molecule has 5 rings (SSSR count). The molecule has 0 saturated carbocycles. The van der Waals surface area contributed by atoms with Gasteiger partial charge in [-0.25, -0.2) is 4.98 Å². The average Bonchev–Trinajstić information content (AvgIpc) is 2.83. The van der Waals surface area contributed by atoms with Crippen LogP contribution in [0.2, 0.25) is 0 Å². The molecule has 1 aromatic heterocycles. The molecule has 1 fully saturated rings. The predicted molar refractivity (Wildman–Crippen MR) is 125 cm³/mol. The average molecular weight is 410 g/mol. The van der Waals surface area contributed by atoms with E-state index < -0.39 is 0 Å². The van der Waals surface area contributed by atoms with Crippen LogP contribution >= 0.6 is 0 Å². The van der Waals surface area contributed by atoms with Crippen LogP contribution in [0.1, 0.15) is 30.0 Å². The zero-order valence-corrected chi connectivity index (χ0v) is 17.9. The monoisotopic (exact) mass is 409 g/mol. The molecule has 1 aliphatic heterocycles. The van der Waals surface area contributed by atoms with Gasteiger partial charge in [0.05, 0.1) is 23.8 Å². The number of piperidine rings is 1. The van der Waals surface area contributed by atoms with Crippen molar-refractivity contribution in [2.45, 2.75) is 25.4 Å². The molecule has 0 bridgehead atoms. The molecular weight excluding hydrogens is 382 g/mol. The van der Waals surface area contributed by atoms with Crippen LogP contribution < -0.4 is 4.74 Å². The van der Waals surface area contributed by atoms with E-state index in [1.165, 1.54) is 29.2 Å². The second-order valence-electron chi connectivity index (χ2n) is 8.36. The normalized spacial score (nSPS) is 15.3. The van der Waals surface area contributed by atoms with Crippen molar-refractivity contribution < 1.29 is 4.74 Å². The van der Waals surface area contributed by atoms with Gasteiger partial charge in [0, 0.05) is 5.56 Å². The maximum absolute atomic E-state index is 6.14. The van der Waals surface area contributed by atoms with Gasteiger partial charge in [0.2, 0.25) is 0 Å². The molecule has 0 radical (unpaired) electrons. The van der Waals surface area contributed by atoms with Crippen LogP contribution in [0.5, 0.6) is 5.75 Å². The minimum Gasteiger partial charge on any atom is -0.487 e. The number of hydrogen-bond donors (Lipinski definition) is 0. The first kappa shape index (κ1) is 19.7. The Labute approximate surface area is 183 Å². The van der Waals surface area contributed by atoms with Gasteiger partial charge in [0.1, 0.15) is 12.4 Å². The fraction of sp³-hybridized carbons (Fsp3) is 0.259. The molecule has 0 aliphatic carbocycles. The van der Waals surface area contributed by atoms with Crippen molar-refractivity contribution >= 4 is 10.8 Å². The number of ether oxygens (including phenoxy) is 1. The van der Waals surface area contributed by atoms with E-state index in [0.717, 1.165) is 35.8 Å². The number of fused-ring (bicyclic) bond motifs is 1. The second kappa shape index (κ2) is 8.86. The Bertz CT molecular complexity index is 1170. The Morgan fingerprint density at radius 1 is 0.935 bits per heavy atom. The van der Waals surface area contributed by atoms with E-state index >= 15 is 0 Å². The zero-order valence-electron chi connectivity index (χ0n) is 17.9. The van der Waals surface area contributed by atoms with Crippen LogP contribution in [0.4, 0.5) is 0 Å². The van der Waals surface area contributed by atoms with E-state index in [4.69, 9.17) is 9.72 Å². The van der Waals surface area contributed by atoms with Gasteiger partial charge in [-0.3, -0.25) is 4.98 Å². The van der Waals surface area contributed by atoms with Crippen molar-refractivity contribution in [2.75, 3.05) is 20.1 Å². The molecule has 31 heavy (non-hydrogen) atoms. The van der Waals surface area contributed by atoms with E-state index in [-0.39, 0.29) is 0 Å². The first-order valence-electron chi connectivity index (χ1n) is 11.0. The summed E-state index contributed by atoms with van der Waals surface area (Å²) in [5.74, 6) is 1.49. The molecule has 0 amide bonds. The lowest BCUT2D eigenvalue weighted by Crippen LogP contribution is -2.29. The summed E-state index contributed by atoms with van der Waals surface area (Å²) in [7, 11) is 2.21. The largest absolute Gasteiger partial charge is 0.487 e. The molecule has 1 aliphatic rings. The summed E-state index contributed by atoms with van der Waals surface area (Å²) in [6, 6.07) is 23.2. The minimum absolute atomic E-state index is 0.398. The number of likely N-dealkylation sites (tertiary alicyclic amines) is 1. The zero-order chi connectivity index (χ0) is 21.0. The quantitative estimate of drug-likeness (QED) is 0.425. The molecule has 0 unspecified atom stereocenters. The maximum atomic E-state index is 6.14. The van der Waals surface area contributed by atoms with E-state index in [1.807, 2.05) is 30.3 Å². The highest BCUT2D eigenvalue weighted by Gasteiger charge is 2.20. The summed E-state index contributed by atoms with van der Waals surface area (Å²) in [4.78, 5) is 11.5. The van der Waals surface area contributed by atoms with Gasteiger partial charge < -0.3 is 9.64 Å². The number of aromatic nitrogens is 2. The highest BCUT2D eigenvalue weighted by atomic mass is 16.5. The Hall–Kier alpha value is -3.24. The van der Waals surface area contributed by atoms with Crippen LogP contribution in [0, 0.1) is 0 Å². The van der Waals surface area contributed by atoms with Crippen LogP contribution in [0.3, 0.4) is 0 Å².